The summed E-state index contributed by atoms with van der Waals surface area (Å²) in [6.07, 6.45) is 65.2. The maximum absolute atomic E-state index is 15.4. The van der Waals surface area contributed by atoms with Crippen LogP contribution in [-0.4, -0.2) is 13.2 Å². The predicted octanol–water partition coefficient (Wildman–Crippen LogP) is 21.5. The van der Waals surface area contributed by atoms with E-state index in [1.54, 1.807) is 0 Å². The van der Waals surface area contributed by atoms with E-state index < -0.39 is 34.1 Å². The van der Waals surface area contributed by atoms with Crippen molar-refractivity contribution in [2.24, 2.45) is 46.3 Å². The molecular weight excluding hydrogens is 933 g/mol. The van der Waals surface area contributed by atoms with Crippen molar-refractivity contribution in [3.63, 3.8) is 0 Å². The van der Waals surface area contributed by atoms with Gasteiger partial charge in [-0.05, 0) is 121 Å². The summed E-state index contributed by atoms with van der Waals surface area (Å²) in [4.78, 5) is 0. The minimum absolute atomic E-state index is 0.0442. The van der Waals surface area contributed by atoms with Gasteiger partial charge in [-0.25, -0.2) is 17.6 Å². The van der Waals surface area contributed by atoms with E-state index in [4.69, 9.17) is 4.74 Å². The summed E-state index contributed by atoms with van der Waals surface area (Å²) in [6, 6.07) is 9.47. The number of halogens is 4. The second-order valence-electron chi connectivity index (χ2n) is 25.7. The summed E-state index contributed by atoms with van der Waals surface area (Å²) in [6.45, 7) is 5.65. The van der Waals surface area contributed by atoms with Crippen molar-refractivity contribution in [1.82, 2.24) is 0 Å². The Balaban J connectivity index is 0.921. The molecule has 6 aliphatic rings. The van der Waals surface area contributed by atoms with E-state index in [1.165, 1.54) is 230 Å². The van der Waals surface area contributed by atoms with Gasteiger partial charge in [-0.15, -0.1) is 0 Å². The summed E-state index contributed by atoms with van der Waals surface area (Å²) in [5, 5.41) is 0. The Labute approximate surface area is 455 Å². The zero-order valence-corrected chi connectivity index (χ0v) is 47.3. The number of hydrogen-bond acceptors (Lipinski definition) is 1. The van der Waals surface area contributed by atoms with E-state index in [0.717, 1.165) is 48.6 Å². The van der Waals surface area contributed by atoms with Crippen molar-refractivity contribution in [1.29, 1.82) is 0 Å². The van der Waals surface area contributed by atoms with Gasteiger partial charge in [0.05, 0.1) is 13.2 Å². The summed E-state index contributed by atoms with van der Waals surface area (Å²) in [5.41, 5.74) is 0.678. The molecule has 5 heteroatoms. The largest absolute Gasteiger partial charge is 0.380 e. The van der Waals surface area contributed by atoms with E-state index in [0.29, 0.717) is 25.0 Å². The number of hydrogen-bond donors (Lipinski definition) is 0. The van der Waals surface area contributed by atoms with Crippen molar-refractivity contribution in [2.75, 3.05) is 13.2 Å². The van der Waals surface area contributed by atoms with Crippen LogP contribution in [-0.2, 0) is 15.6 Å². The highest BCUT2D eigenvalue weighted by molar-refractivity contribution is 5.46. The fraction of sp³-hybridized carbons (Fsp3) is 0.714. The molecule has 75 heavy (non-hydrogen) atoms. The van der Waals surface area contributed by atoms with Crippen LogP contribution in [0.3, 0.4) is 0 Å². The van der Waals surface area contributed by atoms with Crippen molar-refractivity contribution >= 4 is 0 Å². The van der Waals surface area contributed by atoms with E-state index in [2.05, 4.69) is 62.5 Å². The molecule has 4 fully saturated rings. The summed E-state index contributed by atoms with van der Waals surface area (Å²) >= 11 is 0. The molecule has 0 radical (unpaired) electrons. The number of allylic oxidation sites excluding steroid dienone is 4. The lowest BCUT2D eigenvalue weighted by atomic mass is 9.46. The molecule has 0 unspecified atom stereocenters. The van der Waals surface area contributed by atoms with Crippen LogP contribution in [0.15, 0.2) is 85.0 Å². The summed E-state index contributed by atoms with van der Waals surface area (Å²) in [5.74, 6) is -0.237. The maximum Gasteiger partial charge on any atom is 0.159 e. The molecule has 6 aliphatic carbocycles. The van der Waals surface area contributed by atoms with E-state index in [-0.39, 0.29) is 22.7 Å². The number of ether oxygens (including phenoxy) is 1. The average molecular weight is 1040 g/mol. The average Bonchev–Trinajstić information content (AvgIpc) is 3.47. The van der Waals surface area contributed by atoms with Crippen molar-refractivity contribution < 1.29 is 22.3 Å². The van der Waals surface area contributed by atoms with Crippen molar-refractivity contribution in [2.45, 2.75) is 256 Å². The van der Waals surface area contributed by atoms with Crippen LogP contribution >= 0.6 is 0 Å². The lowest BCUT2D eigenvalue weighted by Gasteiger charge is -2.57. The van der Waals surface area contributed by atoms with Crippen LogP contribution in [0.4, 0.5) is 17.6 Å². The lowest BCUT2D eigenvalue weighted by Crippen LogP contribution is -2.51. The van der Waals surface area contributed by atoms with Crippen LogP contribution in [0, 0.1) is 69.6 Å². The van der Waals surface area contributed by atoms with Gasteiger partial charge in [0.2, 0.25) is 0 Å². The standard InChI is InChI=1S/C70H102F4O/c1-3-5-7-9-11-13-15-19-25-55-27-31-59(32-28-55)67(43-21-17-22-44-67)69(61-35-37-63(71)65(73)51-61)47-39-57(40-48-69)53-75-54-58-41-49-70(50-42-58,62-36-38-64(72)66(74)52-62)68(45-23-18-24-46-68)60-33-29-56(30-34-60)26-20-16-14-12-10-8-6-4-2/h35-42,47-52,55-60H,3-34,43-46,53-54H2,1-2H3. The Morgan fingerprint density at radius 3 is 1.07 bits per heavy atom. The summed E-state index contributed by atoms with van der Waals surface area (Å²) < 4.78 is 66.8. The molecule has 0 heterocycles. The van der Waals surface area contributed by atoms with Crippen molar-refractivity contribution in [3.8, 4) is 0 Å². The highest BCUT2D eigenvalue weighted by Crippen LogP contribution is 2.63. The van der Waals surface area contributed by atoms with Gasteiger partial charge < -0.3 is 4.74 Å². The van der Waals surface area contributed by atoms with Gasteiger partial charge in [-0.2, -0.15) is 0 Å². The molecule has 0 bridgehead atoms. The van der Waals surface area contributed by atoms with Gasteiger partial charge in [-0.1, -0.05) is 254 Å². The Morgan fingerprint density at radius 2 is 0.733 bits per heavy atom. The van der Waals surface area contributed by atoms with Gasteiger partial charge in [0.25, 0.3) is 0 Å². The smallest absolute Gasteiger partial charge is 0.159 e. The van der Waals surface area contributed by atoms with E-state index in [9.17, 15) is 8.78 Å². The fourth-order valence-electron chi connectivity index (χ4n) is 16.9. The molecule has 2 aromatic rings. The molecular formula is C70H102F4O. The topological polar surface area (TPSA) is 9.23 Å². The third-order valence-corrected chi connectivity index (χ3v) is 21.2. The van der Waals surface area contributed by atoms with Crippen LogP contribution < -0.4 is 0 Å². The molecule has 2 aromatic carbocycles. The minimum Gasteiger partial charge on any atom is -0.380 e. The van der Waals surface area contributed by atoms with Gasteiger partial charge >= 0.3 is 0 Å². The number of benzene rings is 2. The fourth-order valence-corrected chi connectivity index (χ4v) is 16.9. The molecule has 8 rings (SSSR count). The van der Waals surface area contributed by atoms with Crippen LogP contribution in [0.5, 0.6) is 0 Å². The SMILES string of the molecule is CCCCCCCCCCC1CCC(C2(C3(c4ccc(F)c(F)c4)C=CC(COCC4C=CC(c5ccc(F)c(F)c5)(C5(C6CCC(CCCCCCCCCC)CC6)CCCCC5)C=C4)C=C3)CCCCC2)CC1. The van der Waals surface area contributed by atoms with Crippen LogP contribution in [0.2, 0.25) is 0 Å². The highest BCUT2D eigenvalue weighted by atomic mass is 19.2. The molecule has 0 aliphatic heterocycles. The second kappa shape index (κ2) is 28.8. The molecule has 416 valence electrons. The lowest BCUT2D eigenvalue weighted by molar-refractivity contribution is 0.00994. The Hall–Kier alpha value is -2.92. The van der Waals surface area contributed by atoms with E-state index in [1.807, 2.05) is 12.1 Å². The number of rotatable bonds is 28. The van der Waals surface area contributed by atoms with Crippen LogP contribution in [0.25, 0.3) is 0 Å². The first kappa shape index (κ1) is 58.2. The van der Waals surface area contributed by atoms with Gasteiger partial charge in [-0.3, -0.25) is 0 Å². The quantitative estimate of drug-likeness (QED) is 0.0469. The van der Waals surface area contributed by atoms with Gasteiger partial charge in [0.15, 0.2) is 23.3 Å². The zero-order chi connectivity index (χ0) is 52.4. The molecule has 4 saturated carbocycles. The highest BCUT2D eigenvalue weighted by Gasteiger charge is 2.56. The van der Waals surface area contributed by atoms with E-state index >= 15 is 8.78 Å². The molecule has 0 aromatic heterocycles. The Bertz CT molecular complexity index is 1940. The molecule has 0 spiro atoms. The molecule has 0 atom stereocenters. The van der Waals surface area contributed by atoms with Gasteiger partial charge in [0.1, 0.15) is 0 Å². The first-order chi connectivity index (χ1) is 36.7. The molecule has 0 N–H and O–H groups in total. The number of unbranched alkanes of at least 4 members (excludes halogenated alkanes) is 14. The third kappa shape index (κ3) is 14.1. The molecule has 1 nitrogen and oxygen atoms in total. The third-order valence-electron chi connectivity index (χ3n) is 21.2. The maximum atomic E-state index is 15.4. The zero-order valence-electron chi connectivity index (χ0n) is 47.3. The first-order valence-corrected chi connectivity index (χ1v) is 31.9. The summed E-state index contributed by atoms with van der Waals surface area (Å²) in [7, 11) is 0. The van der Waals surface area contributed by atoms with Gasteiger partial charge in [0, 0.05) is 22.7 Å². The van der Waals surface area contributed by atoms with Crippen molar-refractivity contribution in [3.05, 3.63) is 119 Å². The predicted molar refractivity (Wildman–Crippen MR) is 307 cm³/mol. The minimum atomic E-state index is -0.781. The monoisotopic (exact) mass is 1030 g/mol. The first-order valence-electron chi connectivity index (χ1n) is 31.9. The van der Waals surface area contributed by atoms with Crippen LogP contribution in [0.1, 0.15) is 256 Å². The normalized spacial score (nSPS) is 29.5. The second-order valence-corrected chi connectivity index (χ2v) is 25.7. The molecule has 0 amide bonds. The molecule has 0 saturated heterocycles. The Kier molecular flexibility index (Phi) is 22.4. The Morgan fingerprint density at radius 1 is 0.400 bits per heavy atom.